The number of benzene rings is 2. The van der Waals surface area contributed by atoms with E-state index in [9.17, 15) is 4.57 Å². The number of hydrogen-bond acceptors (Lipinski definition) is 5. The molecule has 136 valence electrons. The summed E-state index contributed by atoms with van der Waals surface area (Å²) in [6.45, 7) is 2.24. The highest BCUT2D eigenvalue weighted by Gasteiger charge is 2.17. The van der Waals surface area contributed by atoms with Crippen LogP contribution in [0.5, 0.6) is 5.75 Å². The SMILES string of the molecule is CCOc1cccc(-c2n[nH]c(-c3ccccc3COP(=O)(O)O)n2)c1. The first-order chi connectivity index (χ1) is 12.5. The Labute approximate surface area is 150 Å². The van der Waals surface area contributed by atoms with Gasteiger partial charge in [0.05, 0.1) is 13.2 Å². The van der Waals surface area contributed by atoms with Crippen molar-refractivity contribution in [2.75, 3.05) is 6.61 Å². The summed E-state index contributed by atoms with van der Waals surface area (Å²) in [5, 5.41) is 7.09. The molecule has 0 atom stereocenters. The molecule has 0 amide bonds. The van der Waals surface area contributed by atoms with E-state index in [0.717, 1.165) is 11.3 Å². The van der Waals surface area contributed by atoms with Crippen LogP contribution >= 0.6 is 7.82 Å². The standard InChI is InChI=1S/C17H18N3O5P/c1-2-24-14-8-5-7-12(10-14)16-18-17(20-19-16)15-9-4-3-6-13(15)11-25-26(21,22)23/h3-10H,2,11H2,1H3,(H,18,19,20)(H2,21,22,23). The predicted octanol–water partition coefficient (Wildman–Crippen LogP) is 3.15. The lowest BCUT2D eigenvalue weighted by molar-refractivity contribution is 0.189. The molecule has 3 rings (SSSR count). The van der Waals surface area contributed by atoms with Crippen LogP contribution in [0.2, 0.25) is 0 Å². The first kappa shape index (κ1) is 18.3. The largest absolute Gasteiger partial charge is 0.494 e. The van der Waals surface area contributed by atoms with Gasteiger partial charge in [-0.1, -0.05) is 36.4 Å². The van der Waals surface area contributed by atoms with Gasteiger partial charge in [0.1, 0.15) is 5.75 Å². The summed E-state index contributed by atoms with van der Waals surface area (Å²) in [6, 6.07) is 14.5. The van der Waals surface area contributed by atoms with Crippen molar-refractivity contribution in [2.24, 2.45) is 0 Å². The molecule has 2 aromatic carbocycles. The number of hydrogen-bond donors (Lipinski definition) is 3. The number of phosphoric ester groups is 1. The summed E-state index contributed by atoms with van der Waals surface area (Å²) in [7, 11) is -4.56. The molecule has 0 fully saturated rings. The van der Waals surface area contributed by atoms with Crippen molar-refractivity contribution in [3.63, 3.8) is 0 Å². The fourth-order valence-electron chi connectivity index (χ4n) is 2.43. The van der Waals surface area contributed by atoms with E-state index in [-0.39, 0.29) is 6.61 Å². The third kappa shape index (κ3) is 4.56. The first-order valence-electron chi connectivity index (χ1n) is 7.90. The minimum absolute atomic E-state index is 0.240. The molecule has 9 heteroatoms. The Hall–Kier alpha value is -2.51. The average Bonchev–Trinajstić information content (AvgIpc) is 3.10. The molecular weight excluding hydrogens is 357 g/mol. The lowest BCUT2D eigenvalue weighted by Gasteiger charge is -2.08. The third-order valence-electron chi connectivity index (χ3n) is 3.55. The van der Waals surface area contributed by atoms with Gasteiger partial charge in [-0.2, -0.15) is 5.10 Å². The topological polar surface area (TPSA) is 118 Å². The molecule has 0 spiro atoms. The molecule has 0 saturated heterocycles. The summed E-state index contributed by atoms with van der Waals surface area (Å²) in [5.41, 5.74) is 2.03. The van der Waals surface area contributed by atoms with Gasteiger partial charge < -0.3 is 14.5 Å². The van der Waals surface area contributed by atoms with Crippen molar-refractivity contribution in [3.8, 4) is 28.5 Å². The summed E-state index contributed by atoms with van der Waals surface area (Å²) >= 11 is 0. The van der Waals surface area contributed by atoms with Crippen molar-refractivity contribution in [1.29, 1.82) is 0 Å². The van der Waals surface area contributed by atoms with Gasteiger partial charge in [0.15, 0.2) is 11.6 Å². The highest BCUT2D eigenvalue weighted by molar-refractivity contribution is 7.46. The number of nitrogens with one attached hydrogen (secondary N) is 1. The van der Waals surface area contributed by atoms with E-state index in [1.807, 2.05) is 31.2 Å². The van der Waals surface area contributed by atoms with Crippen molar-refractivity contribution >= 4 is 7.82 Å². The Kier molecular flexibility index (Phi) is 5.49. The van der Waals surface area contributed by atoms with E-state index in [4.69, 9.17) is 14.5 Å². The molecule has 0 bridgehead atoms. The Bertz CT molecular complexity index is 937. The maximum absolute atomic E-state index is 11.0. The Balaban J connectivity index is 1.88. The summed E-state index contributed by atoms with van der Waals surface area (Å²) < 4.78 is 21.0. The van der Waals surface area contributed by atoms with Gasteiger partial charge in [-0.15, -0.1) is 0 Å². The van der Waals surface area contributed by atoms with Crippen LogP contribution in [0.1, 0.15) is 12.5 Å². The second kappa shape index (κ2) is 7.80. The van der Waals surface area contributed by atoms with Crippen LogP contribution in [0, 0.1) is 0 Å². The summed E-state index contributed by atoms with van der Waals surface area (Å²) in [4.78, 5) is 22.3. The van der Waals surface area contributed by atoms with Crippen LogP contribution in [0.3, 0.4) is 0 Å². The highest BCUT2D eigenvalue weighted by Crippen LogP contribution is 2.38. The predicted molar refractivity (Wildman–Crippen MR) is 95.3 cm³/mol. The smallest absolute Gasteiger partial charge is 0.469 e. The molecule has 0 aliphatic heterocycles. The molecule has 3 aromatic rings. The van der Waals surface area contributed by atoms with Gasteiger partial charge in [-0.05, 0) is 24.6 Å². The van der Waals surface area contributed by atoms with E-state index in [0.29, 0.717) is 29.4 Å². The molecule has 8 nitrogen and oxygen atoms in total. The van der Waals surface area contributed by atoms with Crippen LogP contribution in [-0.4, -0.2) is 31.6 Å². The van der Waals surface area contributed by atoms with E-state index < -0.39 is 7.82 Å². The average molecular weight is 375 g/mol. The molecular formula is C17H18N3O5P. The van der Waals surface area contributed by atoms with Crippen molar-refractivity contribution in [3.05, 3.63) is 54.1 Å². The Morgan fingerprint density at radius 1 is 1.15 bits per heavy atom. The number of nitrogens with zero attached hydrogens (tertiary/aromatic N) is 2. The number of H-pyrrole nitrogens is 1. The number of ether oxygens (including phenoxy) is 1. The fourth-order valence-corrected chi connectivity index (χ4v) is 2.74. The second-order valence-electron chi connectivity index (χ2n) is 5.39. The third-order valence-corrected chi connectivity index (χ3v) is 4.01. The minimum Gasteiger partial charge on any atom is -0.494 e. The maximum Gasteiger partial charge on any atom is 0.469 e. The number of aromatic amines is 1. The van der Waals surface area contributed by atoms with Crippen molar-refractivity contribution < 1.29 is 23.6 Å². The monoisotopic (exact) mass is 375 g/mol. The van der Waals surface area contributed by atoms with E-state index in [2.05, 4.69) is 19.7 Å². The van der Waals surface area contributed by atoms with Crippen molar-refractivity contribution in [2.45, 2.75) is 13.5 Å². The second-order valence-corrected chi connectivity index (χ2v) is 6.63. The molecule has 0 aliphatic carbocycles. The quantitative estimate of drug-likeness (QED) is 0.543. The lowest BCUT2D eigenvalue weighted by Crippen LogP contribution is -1.95. The van der Waals surface area contributed by atoms with Crippen LogP contribution in [0.4, 0.5) is 0 Å². The zero-order valence-electron chi connectivity index (χ0n) is 14.0. The lowest BCUT2D eigenvalue weighted by atomic mass is 10.1. The van der Waals surface area contributed by atoms with Gasteiger partial charge >= 0.3 is 7.82 Å². The molecule has 26 heavy (non-hydrogen) atoms. The highest BCUT2D eigenvalue weighted by atomic mass is 31.2. The van der Waals surface area contributed by atoms with Gasteiger partial charge in [0.25, 0.3) is 0 Å². The zero-order chi connectivity index (χ0) is 18.6. The summed E-state index contributed by atoms with van der Waals surface area (Å²) in [6.07, 6.45) is 0. The van der Waals surface area contributed by atoms with Gasteiger partial charge in [0.2, 0.25) is 0 Å². The summed E-state index contributed by atoms with van der Waals surface area (Å²) in [5.74, 6) is 1.70. The van der Waals surface area contributed by atoms with Crippen molar-refractivity contribution in [1.82, 2.24) is 15.2 Å². The Morgan fingerprint density at radius 2 is 1.96 bits per heavy atom. The number of rotatable bonds is 7. The molecule has 0 saturated carbocycles. The van der Waals surface area contributed by atoms with Crippen LogP contribution in [0.25, 0.3) is 22.8 Å². The molecule has 3 N–H and O–H groups in total. The minimum atomic E-state index is -4.56. The van der Waals surface area contributed by atoms with Gasteiger partial charge in [-0.3, -0.25) is 9.62 Å². The van der Waals surface area contributed by atoms with Crippen LogP contribution in [-0.2, 0) is 15.7 Å². The maximum atomic E-state index is 11.0. The van der Waals surface area contributed by atoms with E-state index in [1.54, 1.807) is 24.3 Å². The number of phosphoric acid groups is 1. The van der Waals surface area contributed by atoms with E-state index in [1.165, 1.54) is 0 Å². The molecule has 1 heterocycles. The fraction of sp³-hybridized carbons (Fsp3) is 0.176. The van der Waals surface area contributed by atoms with Gasteiger partial charge in [0, 0.05) is 11.1 Å². The molecule has 0 radical (unpaired) electrons. The first-order valence-corrected chi connectivity index (χ1v) is 9.43. The molecule has 0 aliphatic rings. The molecule has 1 aromatic heterocycles. The zero-order valence-corrected chi connectivity index (χ0v) is 14.9. The Morgan fingerprint density at radius 3 is 2.73 bits per heavy atom. The van der Waals surface area contributed by atoms with Gasteiger partial charge in [-0.25, -0.2) is 9.55 Å². The van der Waals surface area contributed by atoms with E-state index >= 15 is 0 Å². The molecule has 0 unspecified atom stereocenters. The van der Waals surface area contributed by atoms with Crippen LogP contribution < -0.4 is 4.74 Å². The van der Waals surface area contributed by atoms with Crippen LogP contribution in [0.15, 0.2) is 48.5 Å². The normalized spacial score (nSPS) is 11.5. The number of aromatic nitrogens is 3.